The third kappa shape index (κ3) is 6.01. The number of morpholine rings is 1. The molecule has 9 heteroatoms. The highest BCUT2D eigenvalue weighted by atomic mass is 19.4. The molecule has 1 amide bonds. The van der Waals surface area contributed by atoms with E-state index < -0.39 is 17.6 Å². The Morgan fingerprint density at radius 2 is 1.79 bits per heavy atom. The van der Waals surface area contributed by atoms with Crippen molar-refractivity contribution in [1.29, 1.82) is 0 Å². The van der Waals surface area contributed by atoms with E-state index in [9.17, 15) is 18.0 Å². The third-order valence-electron chi connectivity index (χ3n) is 5.25. The molecule has 1 aromatic heterocycles. The van der Waals surface area contributed by atoms with Gasteiger partial charge in [0.25, 0.3) is 5.91 Å². The molecule has 1 saturated heterocycles. The Kier molecular flexibility index (Phi) is 6.79. The van der Waals surface area contributed by atoms with Crippen LogP contribution in [0.3, 0.4) is 0 Å². The summed E-state index contributed by atoms with van der Waals surface area (Å²) in [6.45, 7) is 3.12. The Bertz CT molecular complexity index is 1100. The fourth-order valence-electron chi connectivity index (χ4n) is 3.51. The number of hydrogen-bond acceptors (Lipinski definition) is 5. The van der Waals surface area contributed by atoms with E-state index in [1.54, 1.807) is 12.1 Å². The summed E-state index contributed by atoms with van der Waals surface area (Å²) in [7, 11) is 0. The fraction of sp³-hybridized carbons (Fsp3) is 0.250. The lowest BCUT2D eigenvalue weighted by molar-refractivity contribution is -0.137. The normalized spacial score (nSPS) is 14.1. The quantitative estimate of drug-likeness (QED) is 0.567. The van der Waals surface area contributed by atoms with Crippen LogP contribution in [0.15, 0.2) is 66.9 Å². The minimum atomic E-state index is -4.42. The van der Waals surface area contributed by atoms with Gasteiger partial charge in [-0.2, -0.15) is 13.2 Å². The number of nitrogens with zero attached hydrogens (tertiary/aromatic N) is 2. The SMILES string of the molecule is O=C(NCc1cccc(C(F)(F)F)c1)c1ccnc(Nc2ccc(N3CCOCC3)cc2)c1. The van der Waals surface area contributed by atoms with Gasteiger partial charge in [0.15, 0.2) is 0 Å². The van der Waals surface area contributed by atoms with Gasteiger partial charge in [-0.25, -0.2) is 4.98 Å². The van der Waals surface area contributed by atoms with Crippen LogP contribution in [0.25, 0.3) is 0 Å². The molecule has 1 aliphatic heterocycles. The maximum Gasteiger partial charge on any atom is 0.416 e. The number of rotatable bonds is 6. The van der Waals surface area contributed by atoms with E-state index in [-0.39, 0.29) is 6.54 Å². The first-order chi connectivity index (χ1) is 15.9. The van der Waals surface area contributed by atoms with Crippen LogP contribution in [0.1, 0.15) is 21.5 Å². The smallest absolute Gasteiger partial charge is 0.378 e. The molecule has 172 valence electrons. The topological polar surface area (TPSA) is 66.5 Å². The number of pyridine rings is 1. The fourth-order valence-corrected chi connectivity index (χ4v) is 3.51. The van der Waals surface area contributed by atoms with Crippen molar-refractivity contribution in [2.45, 2.75) is 12.7 Å². The number of alkyl halides is 3. The Morgan fingerprint density at radius 3 is 2.52 bits per heavy atom. The predicted molar refractivity (Wildman–Crippen MR) is 120 cm³/mol. The number of ether oxygens (including phenoxy) is 1. The first-order valence-electron chi connectivity index (χ1n) is 10.5. The Morgan fingerprint density at radius 1 is 1.03 bits per heavy atom. The lowest BCUT2D eigenvalue weighted by atomic mass is 10.1. The van der Waals surface area contributed by atoms with Crippen molar-refractivity contribution in [3.8, 4) is 0 Å². The molecule has 2 heterocycles. The van der Waals surface area contributed by atoms with Crippen LogP contribution in [0, 0.1) is 0 Å². The summed E-state index contributed by atoms with van der Waals surface area (Å²) < 4.78 is 44.0. The van der Waals surface area contributed by atoms with Gasteiger partial charge in [-0.05, 0) is 54.1 Å². The van der Waals surface area contributed by atoms with Gasteiger partial charge in [-0.3, -0.25) is 4.79 Å². The van der Waals surface area contributed by atoms with Crippen LogP contribution in [-0.2, 0) is 17.5 Å². The highest BCUT2D eigenvalue weighted by molar-refractivity contribution is 5.94. The Labute approximate surface area is 189 Å². The van der Waals surface area contributed by atoms with Crippen molar-refractivity contribution in [3.63, 3.8) is 0 Å². The van der Waals surface area contributed by atoms with E-state index >= 15 is 0 Å². The second-order valence-corrected chi connectivity index (χ2v) is 7.58. The van der Waals surface area contributed by atoms with Gasteiger partial charge in [0.05, 0.1) is 18.8 Å². The number of anilines is 3. The minimum Gasteiger partial charge on any atom is -0.378 e. The molecular formula is C24H23F3N4O2. The maximum absolute atomic E-state index is 12.9. The lowest BCUT2D eigenvalue weighted by Gasteiger charge is -2.28. The van der Waals surface area contributed by atoms with E-state index in [2.05, 4.69) is 20.5 Å². The van der Waals surface area contributed by atoms with Crippen LogP contribution < -0.4 is 15.5 Å². The second-order valence-electron chi connectivity index (χ2n) is 7.58. The maximum atomic E-state index is 12.9. The zero-order valence-corrected chi connectivity index (χ0v) is 17.7. The Balaban J connectivity index is 1.37. The molecule has 1 fully saturated rings. The molecule has 33 heavy (non-hydrogen) atoms. The van der Waals surface area contributed by atoms with Crippen LogP contribution in [0.4, 0.5) is 30.4 Å². The van der Waals surface area contributed by atoms with Gasteiger partial charge in [-0.15, -0.1) is 0 Å². The van der Waals surface area contributed by atoms with E-state index in [1.807, 2.05) is 24.3 Å². The number of carbonyl (C=O) groups excluding carboxylic acids is 1. The van der Waals surface area contributed by atoms with Gasteiger partial charge >= 0.3 is 6.18 Å². The van der Waals surface area contributed by atoms with Gasteiger partial charge in [0, 0.05) is 42.8 Å². The summed E-state index contributed by atoms with van der Waals surface area (Å²) in [6.07, 6.45) is -2.92. The van der Waals surface area contributed by atoms with E-state index in [1.165, 1.54) is 18.3 Å². The molecule has 0 atom stereocenters. The third-order valence-corrected chi connectivity index (χ3v) is 5.25. The minimum absolute atomic E-state index is 0.0170. The zero-order valence-electron chi connectivity index (χ0n) is 17.7. The highest BCUT2D eigenvalue weighted by Crippen LogP contribution is 2.29. The van der Waals surface area contributed by atoms with Crippen molar-refractivity contribution in [2.75, 3.05) is 36.5 Å². The van der Waals surface area contributed by atoms with E-state index in [4.69, 9.17) is 4.74 Å². The average molecular weight is 456 g/mol. The molecule has 0 radical (unpaired) electrons. The molecule has 6 nitrogen and oxygen atoms in total. The van der Waals surface area contributed by atoms with Crippen molar-refractivity contribution >= 4 is 23.1 Å². The summed E-state index contributed by atoms with van der Waals surface area (Å²) >= 11 is 0. The van der Waals surface area contributed by atoms with Crippen LogP contribution >= 0.6 is 0 Å². The monoisotopic (exact) mass is 456 g/mol. The molecule has 3 aromatic rings. The average Bonchev–Trinajstić information content (AvgIpc) is 2.83. The molecule has 2 aromatic carbocycles. The van der Waals surface area contributed by atoms with Crippen LogP contribution in [0.5, 0.6) is 0 Å². The number of hydrogen-bond donors (Lipinski definition) is 2. The van der Waals surface area contributed by atoms with Gasteiger partial charge in [0.2, 0.25) is 0 Å². The number of amides is 1. The van der Waals surface area contributed by atoms with Crippen molar-refractivity contribution in [1.82, 2.24) is 10.3 Å². The zero-order chi connectivity index (χ0) is 23.3. The molecule has 1 aliphatic rings. The summed E-state index contributed by atoms with van der Waals surface area (Å²) in [5, 5.41) is 5.82. The van der Waals surface area contributed by atoms with Crippen molar-refractivity contribution in [3.05, 3.63) is 83.6 Å². The van der Waals surface area contributed by atoms with E-state index in [0.717, 1.165) is 36.6 Å². The molecule has 4 rings (SSSR count). The largest absolute Gasteiger partial charge is 0.416 e. The molecule has 0 bridgehead atoms. The van der Waals surface area contributed by atoms with Crippen molar-refractivity contribution < 1.29 is 22.7 Å². The van der Waals surface area contributed by atoms with Crippen molar-refractivity contribution in [2.24, 2.45) is 0 Å². The standard InChI is InChI=1S/C24H23F3N4O2/c25-24(26,27)19-3-1-2-17(14-19)16-29-23(32)18-8-9-28-22(15-18)30-20-4-6-21(7-5-20)31-10-12-33-13-11-31/h1-9,14-15H,10-13,16H2,(H,28,30)(H,29,32). The number of nitrogens with one attached hydrogen (secondary N) is 2. The predicted octanol–water partition coefficient (Wildman–Crippen LogP) is 4.61. The highest BCUT2D eigenvalue weighted by Gasteiger charge is 2.30. The molecular weight excluding hydrogens is 433 g/mol. The summed E-state index contributed by atoms with van der Waals surface area (Å²) in [4.78, 5) is 19.0. The van der Waals surface area contributed by atoms with E-state index in [0.29, 0.717) is 30.2 Å². The van der Waals surface area contributed by atoms with Gasteiger partial charge in [0.1, 0.15) is 5.82 Å². The molecule has 2 N–H and O–H groups in total. The molecule has 0 aliphatic carbocycles. The number of halogens is 3. The summed E-state index contributed by atoms with van der Waals surface area (Å²) in [5.74, 6) is 0.0846. The second kappa shape index (κ2) is 9.91. The first kappa shape index (κ1) is 22.6. The molecule has 0 saturated carbocycles. The number of benzene rings is 2. The number of carbonyl (C=O) groups is 1. The summed E-state index contributed by atoms with van der Waals surface area (Å²) in [6, 6.07) is 15.9. The Hall–Kier alpha value is -3.59. The van der Waals surface area contributed by atoms with Crippen LogP contribution in [-0.4, -0.2) is 37.2 Å². The van der Waals surface area contributed by atoms with Gasteiger partial charge in [-0.1, -0.05) is 12.1 Å². The molecule has 0 unspecified atom stereocenters. The lowest BCUT2D eigenvalue weighted by Crippen LogP contribution is -2.36. The molecule has 0 spiro atoms. The van der Waals surface area contributed by atoms with Gasteiger partial charge < -0.3 is 20.3 Å². The summed E-state index contributed by atoms with van der Waals surface area (Å²) in [5.41, 5.74) is 1.90. The van der Waals surface area contributed by atoms with Crippen LogP contribution in [0.2, 0.25) is 0 Å². The first-order valence-corrected chi connectivity index (χ1v) is 10.5. The number of aromatic nitrogens is 1.